The lowest BCUT2D eigenvalue weighted by Gasteiger charge is -2.18. The van der Waals surface area contributed by atoms with E-state index in [1.807, 2.05) is 18.2 Å². The van der Waals surface area contributed by atoms with E-state index in [2.05, 4.69) is 0 Å². The van der Waals surface area contributed by atoms with Gasteiger partial charge in [-0.05, 0) is 35.9 Å². The summed E-state index contributed by atoms with van der Waals surface area (Å²) >= 11 is 6.68. The van der Waals surface area contributed by atoms with E-state index < -0.39 is 0 Å². The summed E-state index contributed by atoms with van der Waals surface area (Å²) in [5.74, 6) is 2.30. The van der Waals surface area contributed by atoms with Crippen LogP contribution < -0.4 is 23.8 Å². The highest BCUT2D eigenvalue weighted by atomic mass is 32.2. The summed E-state index contributed by atoms with van der Waals surface area (Å²) in [5.41, 5.74) is 1.41. The van der Waals surface area contributed by atoms with E-state index in [1.165, 1.54) is 16.7 Å². The topological polar surface area (TPSA) is 57.2 Å². The predicted molar refractivity (Wildman–Crippen MR) is 108 cm³/mol. The molecule has 8 heteroatoms. The van der Waals surface area contributed by atoms with E-state index in [0.717, 1.165) is 5.56 Å². The molecule has 0 unspecified atom stereocenters. The maximum Gasteiger partial charge on any atom is 0.270 e. The number of carbonyl (C=O) groups is 1. The van der Waals surface area contributed by atoms with Crippen LogP contribution in [0.3, 0.4) is 0 Å². The smallest absolute Gasteiger partial charge is 0.270 e. The number of carbonyl (C=O) groups excluding carboxylic acids is 1. The zero-order valence-electron chi connectivity index (χ0n) is 14.6. The van der Waals surface area contributed by atoms with Crippen molar-refractivity contribution in [3.05, 3.63) is 46.9 Å². The average Bonchev–Trinajstić information content (AvgIpc) is 3.25. The summed E-state index contributed by atoms with van der Waals surface area (Å²) in [6.45, 7) is 0.207. The summed E-state index contributed by atoms with van der Waals surface area (Å²) in [6.07, 6.45) is 1.79. The van der Waals surface area contributed by atoms with Gasteiger partial charge in [0.15, 0.2) is 15.8 Å². The molecule has 2 aromatic carbocycles. The summed E-state index contributed by atoms with van der Waals surface area (Å²) in [5, 5.41) is 0. The van der Waals surface area contributed by atoms with Crippen LogP contribution in [0.4, 0.5) is 5.69 Å². The fourth-order valence-corrected chi connectivity index (χ4v) is 4.08. The third kappa shape index (κ3) is 3.22. The van der Waals surface area contributed by atoms with Gasteiger partial charge >= 0.3 is 0 Å². The molecule has 4 rings (SSSR count). The molecular formula is C19H15NO5S2. The molecule has 2 aromatic rings. The molecule has 1 saturated heterocycles. The maximum absolute atomic E-state index is 13.0. The molecule has 0 saturated carbocycles. The van der Waals surface area contributed by atoms with Gasteiger partial charge in [0.2, 0.25) is 6.79 Å². The molecule has 0 radical (unpaired) electrons. The van der Waals surface area contributed by atoms with Crippen molar-refractivity contribution < 1.29 is 23.7 Å². The molecule has 0 N–H and O–H groups in total. The molecule has 138 valence electrons. The number of rotatable bonds is 4. The van der Waals surface area contributed by atoms with Crippen LogP contribution in [0, 0.1) is 0 Å². The van der Waals surface area contributed by atoms with Crippen LogP contribution in [0.5, 0.6) is 23.0 Å². The minimum Gasteiger partial charge on any atom is -0.497 e. The molecule has 1 fully saturated rings. The standard InChI is InChI=1S/C19H15NO5S2/c1-22-12-4-5-13(15(9-12)23-2)20-18(21)17(27-19(20)26)8-11-3-6-14-16(7-11)25-10-24-14/h3-9H,10H2,1-2H3. The second kappa shape index (κ2) is 7.13. The molecule has 27 heavy (non-hydrogen) atoms. The van der Waals surface area contributed by atoms with Gasteiger partial charge in [-0.2, -0.15) is 0 Å². The van der Waals surface area contributed by atoms with Gasteiger partial charge in [0.1, 0.15) is 11.5 Å². The first-order valence-electron chi connectivity index (χ1n) is 8.00. The van der Waals surface area contributed by atoms with E-state index in [-0.39, 0.29) is 12.7 Å². The van der Waals surface area contributed by atoms with Gasteiger partial charge in [-0.1, -0.05) is 30.0 Å². The van der Waals surface area contributed by atoms with Gasteiger partial charge in [0.05, 0.1) is 24.8 Å². The number of hydrogen-bond donors (Lipinski definition) is 0. The Balaban J connectivity index is 1.66. The predicted octanol–water partition coefficient (Wildman–Crippen LogP) is 3.84. The van der Waals surface area contributed by atoms with Crippen molar-refractivity contribution in [2.75, 3.05) is 25.9 Å². The number of thiocarbonyl (C=S) groups is 1. The van der Waals surface area contributed by atoms with Crippen molar-refractivity contribution in [3.8, 4) is 23.0 Å². The minimum absolute atomic E-state index is 0.203. The molecule has 1 amide bonds. The Labute approximate surface area is 165 Å². The first kappa shape index (κ1) is 17.7. The molecule has 0 bridgehead atoms. The second-order valence-corrected chi connectivity index (χ2v) is 7.34. The van der Waals surface area contributed by atoms with Crippen molar-refractivity contribution in [1.29, 1.82) is 0 Å². The number of ether oxygens (including phenoxy) is 4. The molecule has 0 atom stereocenters. The van der Waals surface area contributed by atoms with Gasteiger partial charge in [0.25, 0.3) is 5.91 Å². The van der Waals surface area contributed by atoms with Gasteiger partial charge in [-0.3, -0.25) is 9.69 Å². The zero-order valence-corrected chi connectivity index (χ0v) is 16.2. The Morgan fingerprint density at radius 1 is 1.11 bits per heavy atom. The monoisotopic (exact) mass is 401 g/mol. The number of methoxy groups -OCH3 is 2. The fourth-order valence-electron chi connectivity index (χ4n) is 2.80. The van der Waals surface area contributed by atoms with Gasteiger partial charge in [-0.25, -0.2) is 0 Å². The normalized spacial score (nSPS) is 17.0. The maximum atomic E-state index is 13.0. The van der Waals surface area contributed by atoms with E-state index in [4.69, 9.17) is 31.2 Å². The molecule has 0 aliphatic carbocycles. The number of nitrogens with zero attached hydrogens (tertiary/aromatic N) is 1. The third-order valence-corrected chi connectivity index (χ3v) is 5.42. The minimum atomic E-state index is -0.203. The van der Waals surface area contributed by atoms with Crippen LogP contribution in [0.1, 0.15) is 5.56 Å². The average molecular weight is 401 g/mol. The SMILES string of the molecule is COc1ccc(N2C(=O)C(=Cc3ccc4c(c3)OCO4)SC2=S)c(OC)c1. The number of thioether (sulfide) groups is 1. The first-order chi connectivity index (χ1) is 13.1. The number of amides is 1. The van der Waals surface area contributed by atoms with Crippen molar-refractivity contribution >= 4 is 46.0 Å². The lowest BCUT2D eigenvalue weighted by atomic mass is 10.2. The summed E-state index contributed by atoms with van der Waals surface area (Å²) in [7, 11) is 3.11. The molecular weight excluding hydrogens is 386 g/mol. The third-order valence-electron chi connectivity index (χ3n) is 4.12. The van der Waals surface area contributed by atoms with Crippen LogP contribution >= 0.6 is 24.0 Å². The van der Waals surface area contributed by atoms with Crippen LogP contribution in [0.2, 0.25) is 0 Å². The largest absolute Gasteiger partial charge is 0.497 e. The van der Waals surface area contributed by atoms with Crippen LogP contribution in [0.25, 0.3) is 6.08 Å². The van der Waals surface area contributed by atoms with E-state index in [0.29, 0.717) is 37.9 Å². The molecule has 6 nitrogen and oxygen atoms in total. The van der Waals surface area contributed by atoms with Crippen molar-refractivity contribution in [2.24, 2.45) is 0 Å². The van der Waals surface area contributed by atoms with E-state index in [9.17, 15) is 4.79 Å². The highest BCUT2D eigenvalue weighted by Crippen LogP contribution is 2.41. The van der Waals surface area contributed by atoms with Crippen molar-refractivity contribution in [1.82, 2.24) is 0 Å². The molecule has 0 spiro atoms. The van der Waals surface area contributed by atoms with Crippen LogP contribution in [-0.4, -0.2) is 31.2 Å². The fraction of sp³-hybridized carbons (Fsp3) is 0.158. The Hall–Kier alpha value is -2.71. The van der Waals surface area contributed by atoms with Crippen LogP contribution in [-0.2, 0) is 4.79 Å². The number of hydrogen-bond acceptors (Lipinski definition) is 7. The Kier molecular flexibility index (Phi) is 4.67. The zero-order chi connectivity index (χ0) is 19.0. The number of fused-ring (bicyclic) bond motifs is 1. The molecule has 2 heterocycles. The van der Waals surface area contributed by atoms with Crippen molar-refractivity contribution in [2.45, 2.75) is 0 Å². The van der Waals surface area contributed by atoms with Gasteiger partial charge in [-0.15, -0.1) is 0 Å². The molecule has 2 aliphatic rings. The van der Waals surface area contributed by atoms with Crippen molar-refractivity contribution in [3.63, 3.8) is 0 Å². The number of anilines is 1. The van der Waals surface area contributed by atoms with Crippen LogP contribution in [0.15, 0.2) is 41.3 Å². The Morgan fingerprint density at radius 2 is 1.93 bits per heavy atom. The second-order valence-electron chi connectivity index (χ2n) is 5.67. The highest BCUT2D eigenvalue weighted by Gasteiger charge is 2.35. The Morgan fingerprint density at radius 3 is 2.70 bits per heavy atom. The van der Waals surface area contributed by atoms with Gasteiger partial charge in [0, 0.05) is 6.07 Å². The lowest BCUT2D eigenvalue weighted by molar-refractivity contribution is -0.113. The lowest BCUT2D eigenvalue weighted by Crippen LogP contribution is -2.27. The van der Waals surface area contributed by atoms with E-state index >= 15 is 0 Å². The van der Waals surface area contributed by atoms with E-state index in [1.54, 1.807) is 38.5 Å². The summed E-state index contributed by atoms with van der Waals surface area (Å²) in [6, 6.07) is 10.8. The number of benzene rings is 2. The Bertz CT molecular complexity index is 973. The quantitative estimate of drug-likeness (QED) is 0.570. The molecule has 2 aliphatic heterocycles. The molecule has 0 aromatic heterocycles. The summed E-state index contributed by atoms with van der Waals surface area (Å²) in [4.78, 5) is 15.0. The first-order valence-corrected chi connectivity index (χ1v) is 9.23. The summed E-state index contributed by atoms with van der Waals surface area (Å²) < 4.78 is 21.8. The van der Waals surface area contributed by atoms with Gasteiger partial charge < -0.3 is 18.9 Å². The highest BCUT2D eigenvalue weighted by molar-refractivity contribution is 8.27.